The Hall–Kier alpha value is -1.52. The fourth-order valence-electron chi connectivity index (χ4n) is 1.65. The third-order valence-corrected chi connectivity index (χ3v) is 3.74. The number of benzene rings is 1. The maximum atomic E-state index is 11.8. The first kappa shape index (κ1) is 13.9. The summed E-state index contributed by atoms with van der Waals surface area (Å²) in [5.74, 6) is -0.310. The molecule has 1 aromatic carbocycles. The van der Waals surface area contributed by atoms with Gasteiger partial charge in [-0.3, -0.25) is 0 Å². The third-order valence-electron chi connectivity index (χ3n) is 2.50. The van der Waals surface area contributed by atoms with E-state index in [1.807, 2.05) is 30.3 Å². The van der Waals surface area contributed by atoms with Crippen LogP contribution in [-0.2, 0) is 11.3 Å². The number of esters is 1. The molecular weight excluding hydrogens is 282 g/mol. The summed E-state index contributed by atoms with van der Waals surface area (Å²) in [5.41, 5.74) is 1.32. The topological polar surface area (TPSA) is 38.3 Å². The summed E-state index contributed by atoms with van der Waals surface area (Å²) in [6.45, 7) is 2.79. The van der Waals surface area contributed by atoms with E-state index in [9.17, 15) is 4.79 Å². The maximum absolute atomic E-state index is 11.8. The second-order valence-corrected chi connectivity index (χ2v) is 5.63. The van der Waals surface area contributed by atoms with Crippen molar-refractivity contribution < 1.29 is 9.53 Å². The lowest BCUT2D eigenvalue weighted by atomic mass is 10.2. The average Bonchev–Trinajstić information content (AvgIpc) is 2.83. The molecule has 0 unspecified atom stereocenters. The summed E-state index contributed by atoms with van der Waals surface area (Å²) in [4.78, 5) is 12.9. The Bertz CT molecular complexity index is 568. The Labute approximate surface area is 121 Å². The number of para-hydroxylation sites is 1. The Balaban J connectivity index is 2.09. The third kappa shape index (κ3) is 3.72. The predicted molar refractivity (Wildman–Crippen MR) is 79.1 cm³/mol. The van der Waals surface area contributed by atoms with Crippen LogP contribution in [0.5, 0.6) is 0 Å². The summed E-state index contributed by atoms with van der Waals surface area (Å²) in [5, 5.41) is 3.23. The van der Waals surface area contributed by atoms with Crippen molar-refractivity contribution in [3.8, 4) is 0 Å². The minimum absolute atomic E-state index is 0.310. The second-order valence-electron chi connectivity index (χ2n) is 3.83. The number of nitrogens with one attached hydrogen (secondary N) is 1. The summed E-state index contributed by atoms with van der Waals surface area (Å²) in [7, 11) is 0. The normalized spacial score (nSPS) is 10.2. The average molecular weight is 296 g/mol. The van der Waals surface area contributed by atoms with Crippen LogP contribution in [0.1, 0.15) is 22.2 Å². The largest absolute Gasteiger partial charge is 0.462 e. The van der Waals surface area contributed by atoms with Gasteiger partial charge in [0.05, 0.1) is 16.5 Å². The first-order chi connectivity index (χ1) is 9.20. The zero-order valence-corrected chi connectivity index (χ0v) is 12.1. The number of hydrogen-bond donors (Lipinski definition) is 1. The second kappa shape index (κ2) is 6.59. The molecule has 1 aromatic heterocycles. The molecule has 19 heavy (non-hydrogen) atoms. The van der Waals surface area contributed by atoms with Crippen LogP contribution in [0.15, 0.2) is 36.4 Å². The minimum Gasteiger partial charge on any atom is -0.462 e. The van der Waals surface area contributed by atoms with Gasteiger partial charge < -0.3 is 10.1 Å². The number of anilines is 1. The van der Waals surface area contributed by atoms with E-state index in [0.29, 0.717) is 18.7 Å². The number of thiophene rings is 1. The molecule has 1 N–H and O–H groups in total. The number of halogens is 1. The molecule has 0 aliphatic rings. The Morgan fingerprint density at radius 2 is 2.11 bits per heavy atom. The van der Waals surface area contributed by atoms with Crippen molar-refractivity contribution in [3.63, 3.8) is 0 Å². The van der Waals surface area contributed by atoms with E-state index in [-0.39, 0.29) is 5.97 Å². The van der Waals surface area contributed by atoms with Crippen LogP contribution in [0.2, 0.25) is 4.34 Å². The molecule has 0 radical (unpaired) electrons. The van der Waals surface area contributed by atoms with Crippen LogP contribution in [0.3, 0.4) is 0 Å². The highest BCUT2D eigenvalue weighted by atomic mass is 35.5. The molecule has 5 heteroatoms. The van der Waals surface area contributed by atoms with Crippen molar-refractivity contribution in [2.24, 2.45) is 0 Å². The van der Waals surface area contributed by atoms with E-state index in [0.717, 1.165) is 14.9 Å². The van der Waals surface area contributed by atoms with E-state index < -0.39 is 0 Å². The van der Waals surface area contributed by atoms with E-state index in [2.05, 4.69) is 5.32 Å². The van der Waals surface area contributed by atoms with Gasteiger partial charge in [-0.15, -0.1) is 11.3 Å². The number of ether oxygens (including phenoxy) is 1. The molecule has 0 aliphatic heterocycles. The van der Waals surface area contributed by atoms with Gasteiger partial charge in [0.1, 0.15) is 0 Å². The Kier molecular flexibility index (Phi) is 4.82. The van der Waals surface area contributed by atoms with Gasteiger partial charge in [0.25, 0.3) is 0 Å². The van der Waals surface area contributed by atoms with Crippen molar-refractivity contribution in [2.75, 3.05) is 11.9 Å². The molecular formula is C14H14ClNO2S. The first-order valence-electron chi connectivity index (χ1n) is 5.95. The van der Waals surface area contributed by atoms with Crippen LogP contribution in [0.4, 0.5) is 5.69 Å². The SMILES string of the molecule is CCOC(=O)c1ccccc1NCc1ccc(Cl)s1. The monoisotopic (exact) mass is 295 g/mol. The van der Waals surface area contributed by atoms with Crippen LogP contribution >= 0.6 is 22.9 Å². The number of carbonyl (C=O) groups is 1. The number of hydrogen-bond acceptors (Lipinski definition) is 4. The van der Waals surface area contributed by atoms with Gasteiger partial charge in [0, 0.05) is 17.1 Å². The Morgan fingerprint density at radius 3 is 2.79 bits per heavy atom. The molecule has 0 spiro atoms. The van der Waals surface area contributed by atoms with Crippen molar-refractivity contribution in [1.29, 1.82) is 0 Å². The zero-order chi connectivity index (χ0) is 13.7. The first-order valence-corrected chi connectivity index (χ1v) is 7.14. The maximum Gasteiger partial charge on any atom is 0.340 e. The summed E-state index contributed by atoms with van der Waals surface area (Å²) in [6.07, 6.45) is 0. The van der Waals surface area contributed by atoms with Crippen LogP contribution < -0.4 is 5.32 Å². The van der Waals surface area contributed by atoms with Gasteiger partial charge in [0.15, 0.2) is 0 Å². The van der Waals surface area contributed by atoms with Crippen molar-refractivity contribution in [2.45, 2.75) is 13.5 Å². The van der Waals surface area contributed by atoms with E-state index in [1.165, 1.54) is 11.3 Å². The minimum atomic E-state index is -0.310. The summed E-state index contributed by atoms with van der Waals surface area (Å²) in [6, 6.07) is 11.1. The molecule has 1 heterocycles. The van der Waals surface area contributed by atoms with Crippen molar-refractivity contribution >= 4 is 34.6 Å². The molecule has 2 rings (SSSR count). The van der Waals surface area contributed by atoms with Crippen LogP contribution in [0.25, 0.3) is 0 Å². The number of carbonyl (C=O) groups excluding carboxylic acids is 1. The smallest absolute Gasteiger partial charge is 0.340 e. The van der Waals surface area contributed by atoms with E-state index in [4.69, 9.17) is 16.3 Å². The van der Waals surface area contributed by atoms with Crippen molar-refractivity contribution in [1.82, 2.24) is 0 Å². The predicted octanol–water partition coefficient (Wildman–Crippen LogP) is 4.19. The van der Waals surface area contributed by atoms with Gasteiger partial charge in [-0.2, -0.15) is 0 Å². The summed E-state index contributed by atoms with van der Waals surface area (Å²) < 4.78 is 5.79. The molecule has 2 aromatic rings. The summed E-state index contributed by atoms with van der Waals surface area (Å²) >= 11 is 7.40. The zero-order valence-electron chi connectivity index (χ0n) is 10.5. The van der Waals surface area contributed by atoms with E-state index >= 15 is 0 Å². The molecule has 0 saturated carbocycles. The fourth-order valence-corrected chi connectivity index (χ4v) is 2.68. The van der Waals surface area contributed by atoms with Crippen molar-refractivity contribution in [3.05, 3.63) is 51.2 Å². The molecule has 0 saturated heterocycles. The molecule has 100 valence electrons. The molecule has 0 fully saturated rings. The van der Waals surface area contributed by atoms with Crippen LogP contribution in [-0.4, -0.2) is 12.6 Å². The standard InChI is InChI=1S/C14H14ClNO2S/c1-2-18-14(17)11-5-3-4-6-12(11)16-9-10-7-8-13(15)19-10/h3-8,16H,2,9H2,1H3. The van der Waals surface area contributed by atoms with E-state index in [1.54, 1.807) is 13.0 Å². The van der Waals surface area contributed by atoms with Gasteiger partial charge in [-0.25, -0.2) is 4.79 Å². The highest BCUT2D eigenvalue weighted by molar-refractivity contribution is 7.16. The highest BCUT2D eigenvalue weighted by Crippen LogP contribution is 2.23. The molecule has 0 bridgehead atoms. The molecule has 0 atom stereocenters. The highest BCUT2D eigenvalue weighted by Gasteiger charge is 2.11. The quantitative estimate of drug-likeness (QED) is 0.841. The Morgan fingerprint density at radius 1 is 1.32 bits per heavy atom. The molecule has 0 amide bonds. The van der Waals surface area contributed by atoms with Gasteiger partial charge >= 0.3 is 5.97 Å². The lowest BCUT2D eigenvalue weighted by Gasteiger charge is -2.10. The fraction of sp³-hybridized carbons (Fsp3) is 0.214. The van der Waals surface area contributed by atoms with Gasteiger partial charge in [0.2, 0.25) is 0 Å². The van der Waals surface area contributed by atoms with Gasteiger partial charge in [-0.1, -0.05) is 23.7 Å². The number of rotatable bonds is 5. The lowest BCUT2D eigenvalue weighted by molar-refractivity contribution is 0.0527. The van der Waals surface area contributed by atoms with Gasteiger partial charge in [-0.05, 0) is 31.2 Å². The molecule has 0 aliphatic carbocycles. The lowest BCUT2D eigenvalue weighted by Crippen LogP contribution is -2.09. The molecule has 3 nitrogen and oxygen atoms in total. The van der Waals surface area contributed by atoms with Crippen LogP contribution in [0, 0.1) is 0 Å².